The smallest absolute Gasteiger partial charge is 0.275 e. The topological polar surface area (TPSA) is 131 Å². The molecule has 0 heterocycles. The summed E-state index contributed by atoms with van der Waals surface area (Å²) in [4.78, 5) is 27.0. The van der Waals surface area contributed by atoms with Gasteiger partial charge in [-0.2, -0.15) is 4.99 Å². The molecule has 0 unspecified atom stereocenters. The fourth-order valence-corrected chi connectivity index (χ4v) is 2.28. The Kier molecular flexibility index (Phi) is 5.65. The van der Waals surface area contributed by atoms with Crippen LogP contribution in [-0.4, -0.2) is 23.0 Å². The summed E-state index contributed by atoms with van der Waals surface area (Å²) in [5, 5.41) is 8.78. The molecule has 0 aliphatic carbocycles. The summed E-state index contributed by atoms with van der Waals surface area (Å²) in [6.45, 7) is 1.61. The number of nitrogens with zero attached hydrogens (tertiary/aromatic N) is 1. The molecule has 7 heteroatoms. The van der Waals surface area contributed by atoms with Gasteiger partial charge in [0.15, 0.2) is 5.96 Å². The third-order valence-electron chi connectivity index (χ3n) is 3.44. The average molecular weight is 338 g/mol. The molecule has 2 aromatic rings. The van der Waals surface area contributed by atoms with Crippen LogP contribution in [0.15, 0.2) is 59.1 Å². The quantitative estimate of drug-likeness (QED) is 0.221. The number of carbonyl (C=O) groups excluding carboxylic acids is 2. The Bertz CT molecular complexity index is 868. The third-order valence-corrected chi connectivity index (χ3v) is 3.44. The van der Waals surface area contributed by atoms with Crippen molar-refractivity contribution in [1.82, 2.24) is 5.48 Å². The first-order valence-electron chi connectivity index (χ1n) is 7.38. The summed E-state index contributed by atoms with van der Waals surface area (Å²) >= 11 is 0. The van der Waals surface area contributed by atoms with E-state index in [9.17, 15) is 9.59 Å². The summed E-state index contributed by atoms with van der Waals surface area (Å²) in [5.41, 5.74) is 15.1. The van der Waals surface area contributed by atoms with Gasteiger partial charge in [-0.15, -0.1) is 0 Å². The van der Waals surface area contributed by atoms with Gasteiger partial charge in [0.05, 0.1) is 0 Å². The van der Waals surface area contributed by atoms with Gasteiger partial charge in [-0.05, 0) is 41.8 Å². The number of guanidine groups is 1. The van der Waals surface area contributed by atoms with Crippen molar-refractivity contribution in [3.63, 3.8) is 0 Å². The van der Waals surface area contributed by atoms with Crippen molar-refractivity contribution in [1.29, 1.82) is 0 Å². The molecule has 0 aliphatic heterocycles. The number of hydrogen-bond donors (Lipinski definition) is 4. The van der Waals surface area contributed by atoms with Crippen molar-refractivity contribution >= 4 is 23.8 Å². The molecule has 2 rings (SSSR count). The largest absolute Gasteiger partial charge is 0.370 e. The molecule has 0 spiro atoms. The van der Waals surface area contributed by atoms with Crippen molar-refractivity contribution in [3.8, 4) is 11.1 Å². The number of carbonyl (C=O) groups is 2. The number of aliphatic imine (C=N–C) groups is 1. The van der Waals surface area contributed by atoms with E-state index in [0.717, 1.165) is 16.7 Å². The van der Waals surface area contributed by atoms with Gasteiger partial charge in [0.25, 0.3) is 11.8 Å². The SMILES string of the molecule is CC(=Cc1ccccc1-c1cccc(C(=O)NO)c1)C(=O)N=C(N)N. The molecule has 2 aromatic carbocycles. The molecule has 0 saturated heterocycles. The number of rotatable bonds is 4. The minimum atomic E-state index is -0.603. The second-order valence-corrected chi connectivity index (χ2v) is 5.28. The van der Waals surface area contributed by atoms with Crippen LogP contribution in [0.3, 0.4) is 0 Å². The number of nitrogens with one attached hydrogen (secondary N) is 1. The summed E-state index contributed by atoms with van der Waals surface area (Å²) in [5.74, 6) is -1.43. The number of nitrogens with two attached hydrogens (primary N) is 2. The highest BCUT2D eigenvalue weighted by Crippen LogP contribution is 2.26. The van der Waals surface area contributed by atoms with Crippen molar-refractivity contribution in [2.24, 2.45) is 16.5 Å². The lowest BCUT2D eigenvalue weighted by Gasteiger charge is -2.09. The monoisotopic (exact) mass is 338 g/mol. The number of hydroxylamine groups is 1. The van der Waals surface area contributed by atoms with E-state index in [1.807, 2.05) is 30.3 Å². The molecule has 0 bridgehead atoms. The maximum Gasteiger partial charge on any atom is 0.275 e. The molecule has 0 aromatic heterocycles. The minimum Gasteiger partial charge on any atom is -0.370 e. The predicted octanol–water partition coefficient (Wildman–Crippen LogP) is 1.68. The van der Waals surface area contributed by atoms with Gasteiger partial charge >= 0.3 is 0 Å². The van der Waals surface area contributed by atoms with E-state index < -0.39 is 11.8 Å². The van der Waals surface area contributed by atoms with E-state index >= 15 is 0 Å². The standard InChI is InChI=1S/C18H18N4O3/c1-11(16(23)21-18(19)20)9-12-5-2-3-8-15(12)13-6-4-7-14(10-13)17(24)22-25/h2-10,25H,1H3,(H,22,24)(H4,19,20,21,23). The van der Waals surface area contributed by atoms with E-state index in [-0.39, 0.29) is 5.96 Å². The van der Waals surface area contributed by atoms with Crippen LogP contribution in [0.5, 0.6) is 0 Å². The highest BCUT2D eigenvalue weighted by Gasteiger charge is 2.09. The zero-order valence-electron chi connectivity index (χ0n) is 13.6. The first-order chi connectivity index (χ1) is 11.9. The summed E-state index contributed by atoms with van der Waals surface area (Å²) in [6, 6.07) is 14.1. The number of hydrogen-bond acceptors (Lipinski definition) is 3. The maximum absolute atomic E-state index is 11.9. The van der Waals surface area contributed by atoms with Gasteiger partial charge in [0.2, 0.25) is 0 Å². The van der Waals surface area contributed by atoms with Gasteiger partial charge in [-0.1, -0.05) is 36.4 Å². The molecule has 0 fully saturated rings. The van der Waals surface area contributed by atoms with Crippen molar-refractivity contribution in [2.45, 2.75) is 6.92 Å². The second-order valence-electron chi connectivity index (χ2n) is 5.28. The lowest BCUT2D eigenvalue weighted by molar-refractivity contribution is -0.114. The highest BCUT2D eigenvalue weighted by atomic mass is 16.5. The first-order valence-corrected chi connectivity index (χ1v) is 7.38. The Hall–Kier alpha value is -3.45. The van der Waals surface area contributed by atoms with Gasteiger partial charge in [0, 0.05) is 11.1 Å². The maximum atomic E-state index is 11.9. The van der Waals surface area contributed by atoms with Crippen molar-refractivity contribution in [2.75, 3.05) is 0 Å². The van der Waals surface area contributed by atoms with Crippen LogP contribution in [0.2, 0.25) is 0 Å². The van der Waals surface area contributed by atoms with E-state index in [1.54, 1.807) is 36.7 Å². The fourth-order valence-electron chi connectivity index (χ4n) is 2.28. The number of amides is 2. The molecule has 25 heavy (non-hydrogen) atoms. The average Bonchev–Trinajstić information content (AvgIpc) is 2.61. The predicted molar refractivity (Wildman–Crippen MR) is 95.6 cm³/mol. The molecule has 128 valence electrons. The molecule has 7 nitrogen and oxygen atoms in total. The van der Waals surface area contributed by atoms with Gasteiger partial charge in [-0.3, -0.25) is 14.8 Å². The Balaban J connectivity index is 2.47. The Morgan fingerprint density at radius 2 is 1.84 bits per heavy atom. The molecular formula is C18H18N4O3. The summed E-state index contributed by atoms with van der Waals surface area (Å²) in [7, 11) is 0. The molecule has 2 amide bonds. The van der Waals surface area contributed by atoms with Crippen molar-refractivity contribution < 1.29 is 14.8 Å². The minimum absolute atomic E-state index is 0.297. The molecule has 0 saturated carbocycles. The Morgan fingerprint density at radius 1 is 1.12 bits per heavy atom. The van der Waals surface area contributed by atoms with Crippen LogP contribution in [0.25, 0.3) is 17.2 Å². The molecule has 6 N–H and O–H groups in total. The van der Waals surface area contributed by atoms with E-state index in [1.165, 1.54) is 0 Å². The van der Waals surface area contributed by atoms with Gasteiger partial charge in [-0.25, -0.2) is 5.48 Å². The lowest BCUT2D eigenvalue weighted by atomic mass is 9.96. The second kappa shape index (κ2) is 7.89. The van der Waals surface area contributed by atoms with Gasteiger partial charge < -0.3 is 11.5 Å². The van der Waals surface area contributed by atoms with Crippen molar-refractivity contribution in [3.05, 3.63) is 65.2 Å². The fraction of sp³-hybridized carbons (Fsp3) is 0.0556. The van der Waals surface area contributed by atoms with Crippen LogP contribution in [0.1, 0.15) is 22.8 Å². The van der Waals surface area contributed by atoms with Crippen LogP contribution in [0.4, 0.5) is 0 Å². The van der Waals surface area contributed by atoms with Crippen LogP contribution in [0, 0.1) is 0 Å². The normalized spacial score (nSPS) is 10.9. The molecular weight excluding hydrogens is 320 g/mol. The first kappa shape index (κ1) is 17.9. The molecule has 0 atom stereocenters. The highest BCUT2D eigenvalue weighted by molar-refractivity contribution is 6.04. The zero-order chi connectivity index (χ0) is 18.4. The summed E-state index contributed by atoms with van der Waals surface area (Å²) < 4.78 is 0. The molecule has 0 radical (unpaired) electrons. The van der Waals surface area contributed by atoms with Crippen LogP contribution >= 0.6 is 0 Å². The van der Waals surface area contributed by atoms with E-state index in [4.69, 9.17) is 16.7 Å². The third kappa shape index (κ3) is 4.52. The van der Waals surface area contributed by atoms with Crippen LogP contribution in [-0.2, 0) is 4.79 Å². The number of benzene rings is 2. The van der Waals surface area contributed by atoms with E-state index in [2.05, 4.69) is 4.99 Å². The van der Waals surface area contributed by atoms with E-state index in [0.29, 0.717) is 11.1 Å². The molecule has 0 aliphatic rings. The lowest BCUT2D eigenvalue weighted by Crippen LogP contribution is -2.24. The summed E-state index contributed by atoms with van der Waals surface area (Å²) in [6.07, 6.45) is 1.67. The Morgan fingerprint density at radius 3 is 2.52 bits per heavy atom. The zero-order valence-corrected chi connectivity index (χ0v) is 13.6. The van der Waals surface area contributed by atoms with Gasteiger partial charge in [0.1, 0.15) is 0 Å². The van der Waals surface area contributed by atoms with Crippen LogP contribution < -0.4 is 16.9 Å². The Labute approximate surface area is 144 Å².